The van der Waals surface area contributed by atoms with Crippen LogP contribution in [-0.2, 0) is 21.3 Å². The molecule has 7 nitrogen and oxygen atoms in total. The first kappa shape index (κ1) is 13.0. The van der Waals surface area contributed by atoms with Gasteiger partial charge in [-0.1, -0.05) is 0 Å². The molecule has 0 aliphatic carbocycles. The molecule has 1 aliphatic rings. The standard InChI is InChI=1S/C11H17N3O4/c1-13-5-8(4-12-13)9(10(15)16)14-6-11(7-14,17-2)18-3/h4-5,9H,6-7H2,1-3H3,(H,15,16). The molecule has 1 unspecified atom stereocenters. The van der Waals surface area contributed by atoms with E-state index in [1.807, 2.05) is 0 Å². The van der Waals surface area contributed by atoms with E-state index in [4.69, 9.17) is 9.47 Å². The Kier molecular flexibility index (Phi) is 3.38. The molecule has 0 bridgehead atoms. The molecule has 1 saturated heterocycles. The van der Waals surface area contributed by atoms with Crippen molar-refractivity contribution in [3.8, 4) is 0 Å². The highest BCUT2D eigenvalue weighted by molar-refractivity contribution is 5.75. The maximum Gasteiger partial charge on any atom is 0.325 e. The Balaban J connectivity index is 2.13. The lowest BCUT2D eigenvalue weighted by molar-refractivity contribution is -0.282. The molecule has 0 spiro atoms. The number of methoxy groups -OCH3 is 2. The van der Waals surface area contributed by atoms with Gasteiger partial charge >= 0.3 is 5.97 Å². The first-order valence-electron chi connectivity index (χ1n) is 5.57. The van der Waals surface area contributed by atoms with Crippen molar-refractivity contribution in [2.45, 2.75) is 11.8 Å². The van der Waals surface area contributed by atoms with E-state index in [1.54, 1.807) is 43.2 Å². The van der Waals surface area contributed by atoms with Gasteiger partial charge in [-0.05, 0) is 0 Å². The number of nitrogens with zero attached hydrogens (tertiary/aromatic N) is 3. The van der Waals surface area contributed by atoms with Crippen molar-refractivity contribution in [1.29, 1.82) is 0 Å². The quantitative estimate of drug-likeness (QED) is 0.737. The van der Waals surface area contributed by atoms with Crippen LogP contribution >= 0.6 is 0 Å². The van der Waals surface area contributed by atoms with Gasteiger partial charge in [0.25, 0.3) is 0 Å². The maximum absolute atomic E-state index is 11.4. The average Bonchev–Trinajstić information content (AvgIpc) is 2.69. The number of aryl methyl sites for hydroxylation is 1. The van der Waals surface area contributed by atoms with Crippen LogP contribution in [-0.4, -0.2) is 58.9 Å². The zero-order valence-electron chi connectivity index (χ0n) is 10.7. The number of hydrogen-bond donors (Lipinski definition) is 1. The summed E-state index contributed by atoms with van der Waals surface area (Å²) >= 11 is 0. The summed E-state index contributed by atoms with van der Waals surface area (Å²) in [5.74, 6) is -1.58. The zero-order valence-corrected chi connectivity index (χ0v) is 10.7. The van der Waals surface area contributed by atoms with Gasteiger partial charge in [-0.25, -0.2) is 0 Å². The van der Waals surface area contributed by atoms with Crippen LogP contribution in [0.2, 0.25) is 0 Å². The predicted molar refractivity (Wildman–Crippen MR) is 61.9 cm³/mol. The number of carboxylic acid groups (broad SMARTS) is 1. The monoisotopic (exact) mass is 255 g/mol. The van der Waals surface area contributed by atoms with Crippen LogP contribution in [0.3, 0.4) is 0 Å². The molecule has 2 heterocycles. The Morgan fingerprint density at radius 2 is 2.11 bits per heavy atom. The largest absolute Gasteiger partial charge is 0.480 e. The first-order valence-corrected chi connectivity index (χ1v) is 5.57. The normalized spacial score (nSPS) is 20.4. The van der Waals surface area contributed by atoms with E-state index < -0.39 is 17.8 Å². The SMILES string of the molecule is COC1(OC)CN(C(C(=O)O)c2cnn(C)c2)C1. The number of carboxylic acids is 1. The molecular formula is C11H17N3O4. The molecule has 18 heavy (non-hydrogen) atoms. The lowest BCUT2D eigenvalue weighted by Crippen LogP contribution is -2.65. The third kappa shape index (κ3) is 2.12. The van der Waals surface area contributed by atoms with Gasteiger partial charge < -0.3 is 14.6 Å². The average molecular weight is 255 g/mol. The van der Waals surface area contributed by atoms with Gasteiger partial charge in [-0.15, -0.1) is 0 Å². The summed E-state index contributed by atoms with van der Waals surface area (Å²) in [6.45, 7) is 0.845. The Morgan fingerprint density at radius 1 is 1.50 bits per heavy atom. The number of rotatable bonds is 5. The molecule has 1 aromatic heterocycles. The van der Waals surface area contributed by atoms with Gasteiger partial charge in [0.2, 0.25) is 0 Å². The summed E-state index contributed by atoms with van der Waals surface area (Å²) in [5.41, 5.74) is 0.658. The van der Waals surface area contributed by atoms with E-state index in [9.17, 15) is 9.90 Å². The lowest BCUT2D eigenvalue weighted by atomic mass is 10.0. The highest BCUT2D eigenvalue weighted by Crippen LogP contribution is 2.33. The second-order valence-corrected chi connectivity index (χ2v) is 4.41. The fourth-order valence-electron chi connectivity index (χ4n) is 2.19. The van der Waals surface area contributed by atoms with Crippen molar-refractivity contribution in [3.05, 3.63) is 18.0 Å². The van der Waals surface area contributed by atoms with Crippen molar-refractivity contribution in [2.24, 2.45) is 7.05 Å². The summed E-state index contributed by atoms with van der Waals surface area (Å²) in [4.78, 5) is 13.2. The van der Waals surface area contributed by atoms with E-state index in [1.165, 1.54) is 0 Å². The highest BCUT2D eigenvalue weighted by Gasteiger charge is 2.49. The van der Waals surface area contributed by atoms with Crippen LogP contribution in [0, 0.1) is 0 Å². The third-order valence-corrected chi connectivity index (χ3v) is 3.27. The van der Waals surface area contributed by atoms with Crippen LogP contribution < -0.4 is 0 Å². The van der Waals surface area contributed by atoms with Gasteiger partial charge in [-0.3, -0.25) is 14.4 Å². The van der Waals surface area contributed by atoms with Gasteiger partial charge in [0, 0.05) is 33.0 Å². The first-order chi connectivity index (χ1) is 8.51. The number of aliphatic carboxylic acids is 1. The summed E-state index contributed by atoms with van der Waals surface area (Å²) in [7, 11) is 4.87. The van der Waals surface area contributed by atoms with Crippen LogP contribution in [0.15, 0.2) is 12.4 Å². The molecule has 0 radical (unpaired) electrons. The fourth-order valence-corrected chi connectivity index (χ4v) is 2.19. The van der Waals surface area contributed by atoms with Crippen LogP contribution in [0.1, 0.15) is 11.6 Å². The highest BCUT2D eigenvalue weighted by atomic mass is 16.7. The van der Waals surface area contributed by atoms with Gasteiger partial charge in [0.1, 0.15) is 6.04 Å². The smallest absolute Gasteiger partial charge is 0.325 e. The molecular weight excluding hydrogens is 238 g/mol. The molecule has 0 saturated carbocycles. The van der Waals surface area contributed by atoms with E-state index in [0.29, 0.717) is 18.7 Å². The number of likely N-dealkylation sites (tertiary alicyclic amines) is 1. The minimum Gasteiger partial charge on any atom is -0.480 e. The van der Waals surface area contributed by atoms with Gasteiger partial charge in [-0.2, -0.15) is 5.10 Å². The Hall–Kier alpha value is -1.44. The molecule has 0 aromatic carbocycles. The molecule has 100 valence electrons. The molecule has 7 heteroatoms. The van der Waals surface area contributed by atoms with E-state index in [0.717, 1.165) is 0 Å². The lowest BCUT2D eigenvalue weighted by Gasteiger charge is -2.49. The molecule has 0 amide bonds. The zero-order chi connectivity index (χ0) is 13.3. The van der Waals surface area contributed by atoms with Crippen molar-refractivity contribution in [3.63, 3.8) is 0 Å². The van der Waals surface area contributed by atoms with Crippen LogP contribution in [0.25, 0.3) is 0 Å². The number of carbonyl (C=O) groups is 1. The molecule has 1 aliphatic heterocycles. The molecule has 2 rings (SSSR count). The molecule has 1 fully saturated rings. The van der Waals surface area contributed by atoms with Crippen molar-refractivity contribution < 1.29 is 19.4 Å². The van der Waals surface area contributed by atoms with Gasteiger partial charge in [0.15, 0.2) is 5.79 Å². The van der Waals surface area contributed by atoms with Crippen LogP contribution in [0.4, 0.5) is 0 Å². The molecule has 1 aromatic rings. The van der Waals surface area contributed by atoms with E-state index in [2.05, 4.69) is 5.10 Å². The topological polar surface area (TPSA) is 76.8 Å². The summed E-state index contributed by atoms with van der Waals surface area (Å²) in [6.07, 6.45) is 3.27. The molecule has 1 atom stereocenters. The minimum absolute atomic E-state index is 0.422. The molecule has 1 N–H and O–H groups in total. The fraction of sp³-hybridized carbons (Fsp3) is 0.636. The Labute approximate surface area is 105 Å². The second-order valence-electron chi connectivity index (χ2n) is 4.41. The Morgan fingerprint density at radius 3 is 2.50 bits per heavy atom. The summed E-state index contributed by atoms with van der Waals surface area (Å²) in [5, 5.41) is 13.3. The van der Waals surface area contributed by atoms with E-state index in [-0.39, 0.29) is 0 Å². The summed E-state index contributed by atoms with van der Waals surface area (Å²) in [6, 6.07) is -0.711. The van der Waals surface area contributed by atoms with Crippen molar-refractivity contribution in [2.75, 3.05) is 27.3 Å². The second kappa shape index (κ2) is 4.68. The van der Waals surface area contributed by atoms with Crippen molar-refractivity contribution >= 4 is 5.97 Å². The van der Waals surface area contributed by atoms with E-state index >= 15 is 0 Å². The summed E-state index contributed by atoms with van der Waals surface area (Å²) < 4.78 is 12.1. The van der Waals surface area contributed by atoms with Gasteiger partial charge in [0.05, 0.1) is 19.3 Å². The minimum atomic E-state index is -0.899. The number of aromatic nitrogens is 2. The maximum atomic E-state index is 11.4. The Bertz CT molecular complexity index is 433. The van der Waals surface area contributed by atoms with Crippen LogP contribution in [0.5, 0.6) is 0 Å². The number of hydrogen-bond acceptors (Lipinski definition) is 5. The van der Waals surface area contributed by atoms with Crippen molar-refractivity contribution in [1.82, 2.24) is 14.7 Å². The predicted octanol–water partition coefficient (Wildman–Crippen LogP) is -0.149. The number of ether oxygens (including phenoxy) is 2. The third-order valence-electron chi connectivity index (χ3n) is 3.27.